The Morgan fingerprint density at radius 1 is 1.32 bits per heavy atom. The Morgan fingerprint density at radius 3 is 2.48 bits per heavy atom. The molecule has 9 nitrogen and oxygen atoms in total. The number of alkyl carbamates (subject to hydrolysis) is 1. The second-order valence-electron chi connectivity index (χ2n) is 6.97. The van der Waals surface area contributed by atoms with Crippen molar-refractivity contribution in [1.29, 1.82) is 0 Å². The molecular formula is C15H22ClN5O4. The number of hydrogen-bond donors (Lipinski definition) is 2. The van der Waals surface area contributed by atoms with Crippen molar-refractivity contribution in [1.82, 2.24) is 15.3 Å². The number of carbonyl (C=O) groups is 1. The van der Waals surface area contributed by atoms with E-state index in [1.807, 2.05) is 20.8 Å². The maximum atomic E-state index is 11.8. The predicted octanol–water partition coefficient (Wildman–Crippen LogP) is 3.29. The molecule has 1 aromatic heterocycles. The maximum Gasteiger partial charge on any atom is 0.407 e. The van der Waals surface area contributed by atoms with E-state index in [0.29, 0.717) is 0 Å². The zero-order valence-corrected chi connectivity index (χ0v) is 15.2. The fourth-order valence-corrected chi connectivity index (χ4v) is 2.78. The van der Waals surface area contributed by atoms with Gasteiger partial charge in [-0.3, -0.25) is 10.1 Å². The number of anilines is 1. The van der Waals surface area contributed by atoms with E-state index in [-0.39, 0.29) is 28.9 Å². The highest BCUT2D eigenvalue weighted by Gasteiger charge is 2.27. The van der Waals surface area contributed by atoms with Crippen LogP contribution >= 0.6 is 11.6 Å². The van der Waals surface area contributed by atoms with Crippen molar-refractivity contribution in [3.8, 4) is 0 Å². The van der Waals surface area contributed by atoms with E-state index in [1.165, 1.54) is 0 Å². The molecule has 2 rings (SSSR count). The lowest BCUT2D eigenvalue weighted by Gasteiger charge is -2.30. The molecule has 0 saturated heterocycles. The maximum absolute atomic E-state index is 11.8. The first-order valence-electron chi connectivity index (χ1n) is 8.07. The van der Waals surface area contributed by atoms with Crippen LogP contribution in [0.15, 0.2) is 6.20 Å². The Bertz CT molecular complexity index is 641. The number of amides is 1. The number of rotatable bonds is 4. The van der Waals surface area contributed by atoms with Crippen molar-refractivity contribution in [2.45, 2.75) is 64.1 Å². The van der Waals surface area contributed by atoms with Crippen LogP contribution in [0.1, 0.15) is 46.5 Å². The number of nitrogens with zero attached hydrogens (tertiary/aromatic N) is 3. The third kappa shape index (κ3) is 6.00. The van der Waals surface area contributed by atoms with E-state index in [2.05, 4.69) is 20.6 Å². The van der Waals surface area contributed by atoms with Crippen LogP contribution in [0.4, 0.5) is 16.3 Å². The lowest BCUT2D eigenvalue weighted by molar-refractivity contribution is -0.384. The summed E-state index contributed by atoms with van der Waals surface area (Å²) in [6.45, 7) is 5.44. The van der Waals surface area contributed by atoms with Gasteiger partial charge < -0.3 is 15.4 Å². The second kappa shape index (κ2) is 7.81. The van der Waals surface area contributed by atoms with Crippen molar-refractivity contribution in [3.05, 3.63) is 21.6 Å². The first-order valence-corrected chi connectivity index (χ1v) is 8.45. The van der Waals surface area contributed by atoms with E-state index in [1.54, 1.807) is 0 Å². The molecule has 1 amide bonds. The quantitative estimate of drug-likeness (QED) is 0.473. The molecule has 10 heteroatoms. The van der Waals surface area contributed by atoms with Gasteiger partial charge in [0.15, 0.2) is 0 Å². The molecular weight excluding hydrogens is 350 g/mol. The zero-order chi connectivity index (χ0) is 18.6. The van der Waals surface area contributed by atoms with Crippen LogP contribution in [0.2, 0.25) is 5.28 Å². The number of nitro groups is 1. The van der Waals surface area contributed by atoms with Gasteiger partial charge in [0.25, 0.3) is 0 Å². The molecule has 0 radical (unpaired) electrons. The van der Waals surface area contributed by atoms with Crippen molar-refractivity contribution in [2.24, 2.45) is 0 Å². The van der Waals surface area contributed by atoms with Crippen LogP contribution in [-0.2, 0) is 4.74 Å². The number of carbonyl (C=O) groups excluding carboxylic acids is 1. The van der Waals surface area contributed by atoms with Crippen molar-refractivity contribution < 1.29 is 14.5 Å². The molecule has 1 heterocycles. The molecule has 1 fully saturated rings. The van der Waals surface area contributed by atoms with E-state index in [0.717, 1.165) is 31.9 Å². The smallest absolute Gasteiger partial charge is 0.407 e. The Morgan fingerprint density at radius 2 is 1.92 bits per heavy atom. The van der Waals surface area contributed by atoms with Crippen LogP contribution in [0.3, 0.4) is 0 Å². The molecule has 0 spiro atoms. The number of nitrogens with one attached hydrogen (secondary N) is 2. The van der Waals surface area contributed by atoms with E-state index >= 15 is 0 Å². The van der Waals surface area contributed by atoms with Gasteiger partial charge in [-0.1, -0.05) is 0 Å². The van der Waals surface area contributed by atoms with Crippen LogP contribution in [-0.4, -0.2) is 38.7 Å². The summed E-state index contributed by atoms with van der Waals surface area (Å²) in [7, 11) is 0. The van der Waals surface area contributed by atoms with Crippen molar-refractivity contribution in [3.63, 3.8) is 0 Å². The molecule has 0 aromatic carbocycles. The molecule has 1 aliphatic rings. The highest BCUT2D eigenvalue weighted by Crippen LogP contribution is 2.27. The van der Waals surface area contributed by atoms with Gasteiger partial charge in [-0.05, 0) is 58.1 Å². The number of halogens is 1. The largest absolute Gasteiger partial charge is 0.444 e. The molecule has 2 N–H and O–H groups in total. The summed E-state index contributed by atoms with van der Waals surface area (Å²) in [5.74, 6) is 0.119. The minimum atomic E-state index is -0.547. The third-order valence-electron chi connectivity index (χ3n) is 3.73. The van der Waals surface area contributed by atoms with E-state index < -0.39 is 16.6 Å². The van der Waals surface area contributed by atoms with Gasteiger partial charge in [0.1, 0.15) is 11.8 Å². The minimum absolute atomic E-state index is 0.0151. The van der Waals surface area contributed by atoms with Crippen molar-refractivity contribution >= 4 is 29.2 Å². The molecule has 1 aromatic rings. The highest BCUT2D eigenvalue weighted by molar-refractivity contribution is 6.28. The summed E-state index contributed by atoms with van der Waals surface area (Å²) >= 11 is 5.73. The zero-order valence-electron chi connectivity index (χ0n) is 14.4. The number of aromatic nitrogens is 2. The third-order valence-corrected chi connectivity index (χ3v) is 3.91. The molecule has 1 saturated carbocycles. The summed E-state index contributed by atoms with van der Waals surface area (Å²) in [5.41, 5.74) is -0.743. The molecule has 138 valence electrons. The van der Waals surface area contributed by atoms with Gasteiger partial charge >= 0.3 is 11.8 Å². The summed E-state index contributed by atoms with van der Waals surface area (Å²) in [4.78, 5) is 29.8. The summed E-state index contributed by atoms with van der Waals surface area (Å²) in [6, 6.07) is 0.0400. The second-order valence-corrected chi connectivity index (χ2v) is 7.31. The molecule has 0 unspecified atom stereocenters. The molecule has 0 bridgehead atoms. The average molecular weight is 372 g/mol. The van der Waals surface area contributed by atoms with Crippen LogP contribution in [0.5, 0.6) is 0 Å². The summed E-state index contributed by atoms with van der Waals surface area (Å²) < 4.78 is 5.25. The first-order chi connectivity index (χ1) is 11.6. The van der Waals surface area contributed by atoms with Crippen LogP contribution in [0, 0.1) is 10.1 Å². The normalized spacial score (nSPS) is 20.6. The highest BCUT2D eigenvalue weighted by atomic mass is 35.5. The molecule has 0 aliphatic heterocycles. The standard InChI is InChI=1S/C15H22ClN5O4/c1-15(2,3)25-14(22)19-10-6-4-9(5-7-10)18-12-11(21(23)24)8-17-13(16)20-12/h8-10H,4-7H2,1-3H3,(H,19,22)(H,17,18,20). The van der Waals surface area contributed by atoms with E-state index in [9.17, 15) is 14.9 Å². The molecule has 25 heavy (non-hydrogen) atoms. The Labute approximate surface area is 150 Å². The van der Waals surface area contributed by atoms with Gasteiger partial charge in [-0.25, -0.2) is 9.78 Å². The van der Waals surface area contributed by atoms with Crippen LogP contribution in [0.25, 0.3) is 0 Å². The summed E-state index contributed by atoms with van der Waals surface area (Å²) in [6.07, 6.45) is 3.61. The number of ether oxygens (including phenoxy) is 1. The SMILES string of the molecule is CC(C)(C)OC(=O)NC1CCC(Nc2nc(Cl)ncc2[N+](=O)[O-])CC1. The van der Waals surface area contributed by atoms with Crippen molar-refractivity contribution in [2.75, 3.05) is 5.32 Å². The fraction of sp³-hybridized carbons (Fsp3) is 0.667. The Balaban J connectivity index is 1.88. The van der Waals surface area contributed by atoms with E-state index in [4.69, 9.17) is 16.3 Å². The van der Waals surface area contributed by atoms with Gasteiger partial charge in [0.05, 0.1) is 4.92 Å². The van der Waals surface area contributed by atoms with Crippen LogP contribution < -0.4 is 10.6 Å². The monoisotopic (exact) mass is 371 g/mol. The van der Waals surface area contributed by atoms with Gasteiger partial charge in [0.2, 0.25) is 11.1 Å². The van der Waals surface area contributed by atoms with Gasteiger partial charge in [-0.2, -0.15) is 4.98 Å². The molecule has 1 aliphatic carbocycles. The average Bonchev–Trinajstić information content (AvgIpc) is 2.47. The topological polar surface area (TPSA) is 119 Å². The predicted molar refractivity (Wildman–Crippen MR) is 92.7 cm³/mol. The minimum Gasteiger partial charge on any atom is -0.444 e. The fourth-order valence-electron chi connectivity index (χ4n) is 2.64. The lowest BCUT2D eigenvalue weighted by atomic mass is 9.91. The van der Waals surface area contributed by atoms with Gasteiger partial charge in [0, 0.05) is 12.1 Å². The molecule has 0 atom stereocenters. The Hall–Kier alpha value is -2.16. The first kappa shape index (κ1) is 19.2. The Kier molecular flexibility index (Phi) is 5.99. The lowest BCUT2D eigenvalue weighted by Crippen LogP contribution is -2.42. The number of hydrogen-bond acceptors (Lipinski definition) is 7. The summed E-state index contributed by atoms with van der Waals surface area (Å²) in [5, 5.41) is 16.9. The van der Waals surface area contributed by atoms with Gasteiger partial charge in [-0.15, -0.1) is 0 Å².